The van der Waals surface area contributed by atoms with Crippen molar-refractivity contribution in [3.63, 3.8) is 0 Å². The van der Waals surface area contributed by atoms with Gasteiger partial charge in [-0.2, -0.15) is 4.31 Å². The Morgan fingerprint density at radius 3 is 2.31 bits per heavy atom. The first kappa shape index (κ1) is 21.3. The van der Waals surface area contributed by atoms with Crippen LogP contribution in [-0.4, -0.2) is 56.3 Å². The lowest BCUT2D eigenvalue weighted by Crippen LogP contribution is -2.50. The number of piperazine rings is 1. The fraction of sp³-hybridized carbons (Fsp3) is 0.409. The molecular weight excluding hydrogens is 388 g/mol. The van der Waals surface area contributed by atoms with Gasteiger partial charge < -0.3 is 9.64 Å². The number of sulfonamides is 1. The van der Waals surface area contributed by atoms with Crippen LogP contribution in [0.2, 0.25) is 0 Å². The minimum atomic E-state index is -3.37. The number of aryl methyl sites for hydroxylation is 1. The number of rotatable bonds is 8. The van der Waals surface area contributed by atoms with Crippen molar-refractivity contribution in [2.24, 2.45) is 0 Å². The van der Waals surface area contributed by atoms with Crippen LogP contribution >= 0.6 is 0 Å². The summed E-state index contributed by atoms with van der Waals surface area (Å²) in [6.07, 6.45) is 1.00. The quantitative estimate of drug-likeness (QED) is 0.664. The number of hydrogen-bond donors (Lipinski definition) is 0. The Morgan fingerprint density at radius 1 is 0.966 bits per heavy atom. The van der Waals surface area contributed by atoms with Crippen molar-refractivity contribution in [1.82, 2.24) is 9.21 Å². The van der Waals surface area contributed by atoms with Crippen LogP contribution in [0.1, 0.15) is 24.5 Å². The van der Waals surface area contributed by atoms with E-state index in [1.807, 2.05) is 61.5 Å². The first-order valence-electron chi connectivity index (χ1n) is 10.00. The molecule has 29 heavy (non-hydrogen) atoms. The molecular formula is C22H28N2O4S. The first-order chi connectivity index (χ1) is 14.0. The van der Waals surface area contributed by atoms with Crippen LogP contribution in [0, 0.1) is 0 Å². The molecule has 1 aliphatic rings. The number of ether oxygens (including phenoxy) is 1. The molecule has 0 bridgehead atoms. The van der Waals surface area contributed by atoms with Crippen molar-refractivity contribution in [2.45, 2.75) is 25.5 Å². The average Bonchev–Trinajstić information content (AvgIpc) is 2.73. The maximum Gasteiger partial charge on any atom is 0.222 e. The summed E-state index contributed by atoms with van der Waals surface area (Å²) in [5.41, 5.74) is 1.80. The number of amides is 1. The molecule has 7 heteroatoms. The minimum Gasteiger partial charge on any atom is -0.494 e. The van der Waals surface area contributed by atoms with Gasteiger partial charge in [0.15, 0.2) is 0 Å². The maximum atomic E-state index is 12.6. The van der Waals surface area contributed by atoms with Gasteiger partial charge in [-0.25, -0.2) is 8.42 Å². The molecule has 156 valence electrons. The van der Waals surface area contributed by atoms with Crippen LogP contribution in [0.25, 0.3) is 0 Å². The molecule has 0 aliphatic carbocycles. The van der Waals surface area contributed by atoms with Crippen molar-refractivity contribution >= 4 is 15.9 Å². The molecule has 0 aromatic heterocycles. The molecule has 1 aliphatic heterocycles. The fourth-order valence-electron chi connectivity index (χ4n) is 3.50. The summed E-state index contributed by atoms with van der Waals surface area (Å²) in [6.45, 7) is 4.07. The molecule has 0 unspecified atom stereocenters. The van der Waals surface area contributed by atoms with Crippen molar-refractivity contribution in [3.8, 4) is 5.75 Å². The topological polar surface area (TPSA) is 66.9 Å². The lowest BCUT2D eigenvalue weighted by Gasteiger charge is -2.34. The number of carbonyl (C=O) groups excluding carboxylic acids is 1. The normalized spacial score (nSPS) is 15.3. The van der Waals surface area contributed by atoms with Gasteiger partial charge in [-0.15, -0.1) is 0 Å². The number of hydrogen-bond acceptors (Lipinski definition) is 4. The number of carbonyl (C=O) groups is 1. The van der Waals surface area contributed by atoms with E-state index in [4.69, 9.17) is 4.74 Å². The summed E-state index contributed by atoms with van der Waals surface area (Å²) in [7, 11) is -3.37. The zero-order chi connectivity index (χ0) is 20.7. The third-order valence-electron chi connectivity index (χ3n) is 5.06. The monoisotopic (exact) mass is 416 g/mol. The summed E-state index contributed by atoms with van der Waals surface area (Å²) in [4.78, 5) is 14.4. The van der Waals surface area contributed by atoms with Crippen LogP contribution in [-0.2, 0) is 27.0 Å². The van der Waals surface area contributed by atoms with Crippen molar-refractivity contribution in [1.29, 1.82) is 0 Å². The predicted molar refractivity (Wildman–Crippen MR) is 113 cm³/mol. The standard InChI is InChI=1S/C22H28N2O4S/c1-2-28-21-11-7-6-10-20(21)12-13-22(25)23-14-16-24(17-15-23)29(26,27)18-19-8-4-3-5-9-19/h3-11H,2,12-18H2,1H3. The molecule has 1 fully saturated rings. The van der Waals surface area contributed by atoms with Crippen molar-refractivity contribution in [3.05, 3.63) is 65.7 Å². The van der Waals surface area contributed by atoms with Gasteiger partial charge in [0.05, 0.1) is 12.4 Å². The Bertz CT molecular complexity index is 907. The van der Waals surface area contributed by atoms with Crippen LogP contribution in [0.3, 0.4) is 0 Å². The molecule has 0 atom stereocenters. The second kappa shape index (κ2) is 9.89. The maximum absolute atomic E-state index is 12.6. The fourth-order valence-corrected chi connectivity index (χ4v) is 5.01. The lowest BCUT2D eigenvalue weighted by atomic mass is 10.1. The highest BCUT2D eigenvalue weighted by atomic mass is 32.2. The van der Waals surface area contributed by atoms with Crippen molar-refractivity contribution < 1.29 is 17.9 Å². The molecule has 1 heterocycles. The molecule has 0 spiro atoms. The molecule has 1 saturated heterocycles. The Labute approximate surface area is 173 Å². The second-order valence-electron chi connectivity index (χ2n) is 7.06. The van der Waals surface area contributed by atoms with Gasteiger partial charge in [0.2, 0.25) is 15.9 Å². The Kier molecular flexibility index (Phi) is 7.28. The van der Waals surface area contributed by atoms with Crippen LogP contribution in [0.5, 0.6) is 5.75 Å². The second-order valence-corrected chi connectivity index (χ2v) is 9.03. The summed E-state index contributed by atoms with van der Waals surface area (Å²) in [5, 5.41) is 0. The van der Waals surface area contributed by atoms with Crippen LogP contribution in [0.4, 0.5) is 0 Å². The van der Waals surface area contributed by atoms with E-state index in [1.54, 1.807) is 4.90 Å². The highest BCUT2D eigenvalue weighted by Crippen LogP contribution is 2.20. The van der Waals surface area contributed by atoms with E-state index in [0.717, 1.165) is 16.9 Å². The Hall–Kier alpha value is -2.38. The van der Waals surface area contributed by atoms with Gasteiger partial charge in [0.1, 0.15) is 5.75 Å². The van der Waals surface area contributed by atoms with Crippen LogP contribution in [0.15, 0.2) is 54.6 Å². The molecule has 2 aromatic rings. The van der Waals surface area contributed by atoms with Gasteiger partial charge in [0, 0.05) is 32.6 Å². The van der Waals surface area contributed by atoms with E-state index in [-0.39, 0.29) is 11.7 Å². The van der Waals surface area contributed by atoms with E-state index in [2.05, 4.69) is 0 Å². The number of nitrogens with zero attached hydrogens (tertiary/aromatic N) is 2. The molecule has 0 N–H and O–H groups in total. The van der Waals surface area contributed by atoms with Gasteiger partial charge in [-0.05, 0) is 30.5 Å². The SMILES string of the molecule is CCOc1ccccc1CCC(=O)N1CCN(S(=O)(=O)Cc2ccccc2)CC1. The molecule has 6 nitrogen and oxygen atoms in total. The largest absolute Gasteiger partial charge is 0.494 e. The van der Waals surface area contributed by atoms with E-state index in [1.165, 1.54) is 4.31 Å². The highest BCUT2D eigenvalue weighted by molar-refractivity contribution is 7.88. The molecule has 0 saturated carbocycles. The highest BCUT2D eigenvalue weighted by Gasteiger charge is 2.28. The average molecular weight is 417 g/mol. The smallest absolute Gasteiger partial charge is 0.222 e. The van der Waals surface area contributed by atoms with Gasteiger partial charge in [-0.1, -0.05) is 48.5 Å². The van der Waals surface area contributed by atoms with E-state index in [9.17, 15) is 13.2 Å². The lowest BCUT2D eigenvalue weighted by molar-refractivity contribution is -0.132. The zero-order valence-electron chi connectivity index (χ0n) is 16.8. The van der Waals surface area contributed by atoms with E-state index < -0.39 is 10.0 Å². The molecule has 3 rings (SSSR count). The van der Waals surface area contributed by atoms with Crippen molar-refractivity contribution in [2.75, 3.05) is 32.8 Å². The molecule has 1 amide bonds. The Balaban J connectivity index is 1.51. The molecule has 0 radical (unpaired) electrons. The first-order valence-corrected chi connectivity index (χ1v) is 11.6. The van der Waals surface area contributed by atoms with E-state index in [0.29, 0.717) is 45.6 Å². The number of benzene rings is 2. The molecule has 2 aromatic carbocycles. The summed E-state index contributed by atoms with van der Waals surface area (Å²) in [6, 6.07) is 16.9. The summed E-state index contributed by atoms with van der Waals surface area (Å²) >= 11 is 0. The minimum absolute atomic E-state index is 0.00397. The third kappa shape index (κ3) is 5.81. The predicted octanol–water partition coefficient (Wildman–Crippen LogP) is 2.69. The summed E-state index contributed by atoms with van der Waals surface area (Å²) in [5.74, 6) is 0.867. The van der Waals surface area contributed by atoms with Gasteiger partial charge >= 0.3 is 0 Å². The Morgan fingerprint density at radius 2 is 1.62 bits per heavy atom. The van der Waals surface area contributed by atoms with Crippen LogP contribution < -0.4 is 4.74 Å². The zero-order valence-corrected chi connectivity index (χ0v) is 17.6. The third-order valence-corrected chi connectivity index (χ3v) is 6.91. The number of para-hydroxylation sites is 1. The van der Waals surface area contributed by atoms with E-state index >= 15 is 0 Å². The van der Waals surface area contributed by atoms with Gasteiger partial charge in [-0.3, -0.25) is 4.79 Å². The summed E-state index contributed by atoms with van der Waals surface area (Å²) < 4.78 is 32.4. The van der Waals surface area contributed by atoms with Gasteiger partial charge in [0.25, 0.3) is 0 Å².